The first-order valence-electron chi connectivity index (χ1n) is 10.1. The second-order valence-corrected chi connectivity index (χ2v) is 7.71. The zero-order valence-electron chi connectivity index (χ0n) is 17.4. The molecule has 2 aromatic carbocycles. The van der Waals surface area contributed by atoms with E-state index >= 15 is 0 Å². The lowest BCUT2D eigenvalue weighted by Gasteiger charge is -2.09. The van der Waals surface area contributed by atoms with Crippen molar-refractivity contribution in [1.82, 2.24) is 20.1 Å². The number of pyridine rings is 1. The van der Waals surface area contributed by atoms with E-state index in [1.54, 1.807) is 12.3 Å². The number of benzene rings is 2. The van der Waals surface area contributed by atoms with Crippen LogP contribution in [0.25, 0.3) is 11.0 Å². The molecule has 0 atom stereocenters. The highest BCUT2D eigenvalue weighted by Crippen LogP contribution is 2.32. The Balaban J connectivity index is 1.38. The quantitative estimate of drug-likeness (QED) is 0.538. The molecule has 1 aliphatic rings. The Morgan fingerprint density at radius 1 is 1.03 bits per heavy atom. The summed E-state index contributed by atoms with van der Waals surface area (Å²) in [6.45, 7) is 5.16. The van der Waals surface area contributed by atoms with Gasteiger partial charge in [-0.2, -0.15) is 5.10 Å². The van der Waals surface area contributed by atoms with Gasteiger partial charge in [-0.1, -0.05) is 35.9 Å². The van der Waals surface area contributed by atoms with E-state index in [0.29, 0.717) is 30.0 Å². The van der Waals surface area contributed by atoms with Crippen LogP contribution < -0.4 is 14.8 Å². The molecule has 3 heterocycles. The van der Waals surface area contributed by atoms with E-state index in [4.69, 9.17) is 9.47 Å². The van der Waals surface area contributed by atoms with Crippen molar-refractivity contribution in [3.8, 4) is 11.5 Å². The molecule has 4 aromatic rings. The van der Waals surface area contributed by atoms with Crippen LogP contribution in [0.4, 0.5) is 0 Å². The number of carbonyl (C=O) groups excluding carboxylic acids is 1. The molecule has 0 aliphatic carbocycles. The van der Waals surface area contributed by atoms with Gasteiger partial charge in [0.05, 0.1) is 23.7 Å². The summed E-state index contributed by atoms with van der Waals surface area (Å²) in [6.07, 6.45) is 1.71. The maximum atomic E-state index is 13.0. The molecular weight excluding hydrogens is 392 g/mol. The Morgan fingerprint density at radius 3 is 2.65 bits per heavy atom. The number of rotatable bonds is 5. The lowest BCUT2D eigenvalue weighted by Crippen LogP contribution is -2.23. The van der Waals surface area contributed by atoms with Crippen LogP contribution in [0.5, 0.6) is 11.5 Å². The van der Waals surface area contributed by atoms with Gasteiger partial charge in [0.1, 0.15) is 0 Å². The van der Waals surface area contributed by atoms with Crippen molar-refractivity contribution in [1.29, 1.82) is 0 Å². The molecular formula is C24H22N4O3. The van der Waals surface area contributed by atoms with Crippen LogP contribution in [0.15, 0.2) is 54.7 Å². The summed E-state index contributed by atoms with van der Waals surface area (Å²) < 4.78 is 12.6. The van der Waals surface area contributed by atoms with Crippen LogP contribution in [0.1, 0.15) is 32.7 Å². The minimum atomic E-state index is -0.164. The Labute approximate surface area is 179 Å². The molecule has 1 N–H and O–H groups in total. The summed E-state index contributed by atoms with van der Waals surface area (Å²) in [5.41, 5.74) is 5.32. The van der Waals surface area contributed by atoms with Gasteiger partial charge in [0.15, 0.2) is 17.1 Å². The fraction of sp³-hybridized carbons (Fsp3) is 0.208. The molecule has 0 fully saturated rings. The van der Waals surface area contributed by atoms with Crippen molar-refractivity contribution < 1.29 is 14.3 Å². The number of hydrogen-bond donors (Lipinski definition) is 1. The third-order valence-electron chi connectivity index (χ3n) is 5.32. The number of aromatic nitrogens is 3. The van der Waals surface area contributed by atoms with E-state index < -0.39 is 0 Å². The van der Waals surface area contributed by atoms with E-state index in [9.17, 15) is 4.79 Å². The van der Waals surface area contributed by atoms with Crippen LogP contribution >= 0.6 is 0 Å². The Kier molecular flexibility index (Phi) is 4.78. The molecule has 0 saturated carbocycles. The Hall–Kier alpha value is -3.87. The van der Waals surface area contributed by atoms with Gasteiger partial charge >= 0.3 is 0 Å². The predicted octanol–water partition coefficient (Wildman–Crippen LogP) is 3.76. The first-order chi connectivity index (χ1) is 15.1. The van der Waals surface area contributed by atoms with Gasteiger partial charge in [0.2, 0.25) is 6.79 Å². The lowest BCUT2D eigenvalue weighted by molar-refractivity contribution is 0.0952. The number of hydrogen-bond acceptors (Lipinski definition) is 5. The van der Waals surface area contributed by atoms with Gasteiger partial charge in [0.25, 0.3) is 5.91 Å². The Morgan fingerprint density at radius 2 is 1.81 bits per heavy atom. The van der Waals surface area contributed by atoms with Gasteiger partial charge in [-0.3, -0.25) is 4.79 Å². The molecule has 7 heteroatoms. The standard InChI is InChI=1S/C24H22N4O3/c1-15-3-5-17(6-4-15)13-28-23-20(12-26-28)19(9-16(2)27-23)24(29)25-11-18-7-8-21-22(10-18)31-14-30-21/h3-10,12H,11,13-14H2,1-2H3,(H,25,29). The van der Waals surface area contributed by atoms with Crippen LogP contribution in [0.2, 0.25) is 0 Å². The molecule has 156 valence electrons. The van der Waals surface area contributed by atoms with Gasteiger partial charge < -0.3 is 14.8 Å². The second-order valence-electron chi connectivity index (χ2n) is 7.71. The lowest BCUT2D eigenvalue weighted by atomic mass is 10.1. The van der Waals surface area contributed by atoms with E-state index in [-0.39, 0.29) is 12.7 Å². The number of carbonyl (C=O) groups is 1. The zero-order valence-corrected chi connectivity index (χ0v) is 17.4. The molecule has 5 rings (SSSR count). The molecule has 1 aliphatic heterocycles. The first-order valence-corrected chi connectivity index (χ1v) is 10.1. The van der Waals surface area contributed by atoms with Crippen molar-refractivity contribution >= 4 is 16.9 Å². The smallest absolute Gasteiger partial charge is 0.252 e. The highest BCUT2D eigenvalue weighted by Gasteiger charge is 2.17. The second kappa shape index (κ2) is 7.75. The number of amides is 1. The molecule has 31 heavy (non-hydrogen) atoms. The van der Waals surface area contributed by atoms with Gasteiger partial charge in [-0.15, -0.1) is 0 Å². The minimum absolute atomic E-state index is 0.164. The summed E-state index contributed by atoms with van der Waals surface area (Å²) in [5.74, 6) is 1.26. The van der Waals surface area contributed by atoms with Crippen molar-refractivity contribution in [2.24, 2.45) is 0 Å². The fourth-order valence-corrected chi connectivity index (χ4v) is 3.67. The summed E-state index contributed by atoms with van der Waals surface area (Å²) >= 11 is 0. The summed E-state index contributed by atoms with van der Waals surface area (Å²) in [7, 11) is 0. The largest absolute Gasteiger partial charge is 0.454 e. The van der Waals surface area contributed by atoms with Crippen molar-refractivity contribution in [2.45, 2.75) is 26.9 Å². The summed E-state index contributed by atoms with van der Waals surface area (Å²) in [6, 6.07) is 15.8. The molecule has 7 nitrogen and oxygen atoms in total. The minimum Gasteiger partial charge on any atom is -0.454 e. The molecule has 2 aromatic heterocycles. The van der Waals surface area contributed by atoms with Crippen LogP contribution in [-0.4, -0.2) is 27.5 Å². The average molecular weight is 414 g/mol. The highest BCUT2D eigenvalue weighted by atomic mass is 16.7. The first kappa shape index (κ1) is 19.1. The van der Waals surface area contributed by atoms with E-state index in [2.05, 4.69) is 46.6 Å². The van der Waals surface area contributed by atoms with E-state index in [1.807, 2.05) is 29.8 Å². The molecule has 0 bridgehead atoms. The summed E-state index contributed by atoms with van der Waals surface area (Å²) in [5, 5.41) is 8.23. The highest BCUT2D eigenvalue weighted by molar-refractivity contribution is 6.05. The van der Waals surface area contributed by atoms with Gasteiger partial charge in [0, 0.05) is 12.2 Å². The van der Waals surface area contributed by atoms with Gasteiger partial charge in [-0.25, -0.2) is 9.67 Å². The predicted molar refractivity (Wildman–Crippen MR) is 116 cm³/mol. The monoisotopic (exact) mass is 414 g/mol. The van der Waals surface area contributed by atoms with E-state index in [0.717, 1.165) is 28.0 Å². The molecule has 1 amide bonds. The normalized spacial score (nSPS) is 12.3. The third-order valence-corrected chi connectivity index (χ3v) is 5.32. The average Bonchev–Trinajstić information content (AvgIpc) is 3.40. The van der Waals surface area contributed by atoms with Crippen LogP contribution in [0.3, 0.4) is 0 Å². The SMILES string of the molecule is Cc1ccc(Cn2ncc3c(C(=O)NCc4ccc5c(c4)OCO5)cc(C)nc32)cc1. The van der Waals surface area contributed by atoms with Crippen LogP contribution in [0, 0.1) is 13.8 Å². The number of fused-ring (bicyclic) bond motifs is 2. The number of aryl methyl sites for hydroxylation is 2. The van der Waals surface area contributed by atoms with E-state index in [1.165, 1.54) is 5.56 Å². The van der Waals surface area contributed by atoms with Crippen molar-refractivity contribution in [2.75, 3.05) is 6.79 Å². The third kappa shape index (κ3) is 3.82. The number of ether oxygens (including phenoxy) is 2. The van der Waals surface area contributed by atoms with Crippen LogP contribution in [-0.2, 0) is 13.1 Å². The topological polar surface area (TPSA) is 78.3 Å². The van der Waals surface area contributed by atoms with Crippen molar-refractivity contribution in [3.63, 3.8) is 0 Å². The van der Waals surface area contributed by atoms with Gasteiger partial charge in [-0.05, 0) is 43.2 Å². The zero-order chi connectivity index (χ0) is 21.4. The molecule has 0 spiro atoms. The Bertz CT molecular complexity index is 1280. The maximum absolute atomic E-state index is 13.0. The molecule has 0 radical (unpaired) electrons. The fourth-order valence-electron chi connectivity index (χ4n) is 3.67. The number of nitrogens with one attached hydrogen (secondary N) is 1. The molecule has 0 saturated heterocycles. The summed E-state index contributed by atoms with van der Waals surface area (Å²) in [4.78, 5) is 17.6. The maximum Gasteiger partial charge on any atom is 0.252 e. The number of nitrogens with zero attached hydrogens (tertiary/aromatic N) is 3. The molecule has 0 unspecified atom stereocenters. The van der Waals surface area contributed by atoms with Crippen molar-refractivity contribution in [3.05, 3.63) is 82.7 Å².